The molecule has 0 aliphatic carbocycles. The molecule has 0 radical (unpaired) electrons. The Hall–Kier alpha value is -2.96. The zero-order valence-corrected chi connectivity index (χ0v) is 14.3. The molecule has 7 nitrogen and oxygen atoms in total. The van der Waals surface area contributed by atoms with E-state index in [9.17, 15) is 4.79 Å². The highest BCUT2D eigenvalue weighted by Crippen LogP contribution is 2.32. The molecule has 0 spiro atoms. The summed E-state index contributed by atoms with van der Waals surface area (Å²) in [5.74, 6) is 1.73. The molecular weight excluding hydrogens is 316 g/mol. The Balaban J connectivity index is 1.66. The minimum Gasteiger partial charge on any atom is -0.330 e. The lowest BCUT2D eigenvalue weighted by atomic mass is 10.1. The number of imidazole rings is 1. The quantitative estimate of drug-likeness (QED) is 0.797. The third-order valence-corrected chi connectivity index (χ3v) is 4.74. The van der Waals surface area contributed by atoms with Crippen LogP contribution < -0.4 is 0 Å². The lowest BCUT2D eigenvalue weighted by Gasteiger charge is -2.24. The number of hydrogen-bond acceptors (Lipinski definition) is 4. The maximum Gasteiger partial charge on any atom is 0.257 e. The van der Waals surface area contributed by atoms with E-state index in [2.05, 4.69) is 15.2 Å². The number of nitrogens with zero attached hydrogens (tertiary/aromatic N) is 5. The first-order valence-electron chi connectivity index (χ1n) is 8.43. The number of rotatable bonds is 3. The van der Waals surface area contributed by atoms with Crippen molar-refractivity contribution in [2.45, 2.75) is 32.7 Å². The largest absolute Gasteiger partial charge is 0.330 e. The number of hydrogen-bond donors (Lipinski definition) is 1. The lowest BCUT2D eigenvalue weighted by Crippen LogP contribution is -2.31. The minimum atomic E-state index is -0.00872. The number of pyridine rings is 1. The van der Waals surface area contributed by atoms with Crippen molar-refractivity contribution >= 4 is 5.91 Å². The van der Waals surface area contributed by atoms with Crippen LogP contribution in [0.4, 0.5) is 0 Å². The van der Waals surface area contributed by atoms with E-state index in [1.165, 1.54) is 0 Å². The van der Waals surface area contributed by atoms with E-state index < -0.39 is 0 Å². The normalized spacial score (nSPS) is 17.2. The van der Waals surface area contributed by atoms with Crippen molar-refractivity contribution < 1.29 is 4.79 Å². The Morgan fingerprint density at radius 2 is 2.20 bits per heavy atom. The van der Waals surface area contributed by atoms with Gasteiger partial charge in [-0.25, -0.2) is 9.97 Å². The average molecular weight is 336 g/mol. The van der Waals surface area contributed by atoms with Crippen molar-refractivity contribution in [2.24, 2.45) is 0 Å². The number of aryl methyl sites for hydroxylation is 2. The summed E-state index contributed by atoms with van der Waals surface area (Å²) in [6, 6.07) is 5.93. The minimum absolute atomic E-state index is 0.00872. The second-order valence-corrected chi connectivity index (χ2v) is 6.33. The first kappa shape index (κ1) is 15.6. The molecule has 3 aromatic heterocycles. The van der Waals surface area contributed by atoms with Gasteiger partial charge in [-0.05, 0) is 38.8 Å². The Kier molecular flexibility index (Phi) is 3.83. The number of nitrogens with one attached hydrogen (secondary N) is 1. The van der Waals surface area contributed by atoms with Crippen molar-refractivity contribution in [3.05, 3.63) is 59.6 Å². The zero-order valence-electron chi connectivity index (χ0n) is 14.3. The van der Waals surface area contributed by atoms with Crippen LogP contribution in [0, 0.1) is 13.8 Å². The van der Waals surface area contributed by atoms with Crippen molar-refractivity contribution in [3.8, 4) is 5.82 Å². The molecule has 4 rings (SSSR count). The van der Waals surface area contributed by atoms with Crippen LogP contribution >= 0.6 is 0 Å². The van der Waals surface area contributed by atoms with Crippen molar-refractivity contribution in [1.82, 2.24) is 29.6 Å². The highest BCUT2D eigenvalue weighted by Gasteiger charge is 2.32. The summed E-state index contributed by atoms with van der Waals surface area (Å²) in [7, 11) is 0. The van der Waals surface area contributed by atoms with Gasteiger partial charge in [0.1, 0.15) is 11.6 Å². The van der Waals surface area contributed by atoms with Gasteiger partial charge < -0.3 is 4.90 Å². The molecule has 128 valence electrons. The smallest absolute Gasteiger partial charge is 0.257 e. The van der Waals surface area contributed by atoms with Gasteiger partial charge in [0.25, 0.3) is 5.91 Å². The van der Waals surface area contributed by atoms with Crippen LogP contribution in [0.2, 0.25) is 0 Å². The van der Waals surface area contributed by atoms with Gasteiger partial charge in [-0.3, -0.25) is 14.5 Å². The molecule has 0 saturated carbocycles. The number of likely N-dealkylation sites (tertiary alicyclic amines) is 1. The summed E-state index contributed by atoms with van der Waals surface area (Å²) in [6.45, 7) is 4.55. The molecule has 3 aromatic rings. The number of aromatic amines is 1. The zero-order chi connectivity index (χ0) is 17.4. The summed E-state index contributed by atoms with van der Waals surface area (Å²) in [5, 5.41) is 6.81. The summed E-state index contributed by atoms with van der Waals surface area (Å²) in [6.07, 6.45) is 7.15. The molecule has 0 aromatic carbocycles. The molecule has 0 unspecified atom stereocenters. The molecule has 1 N–H and O–H groups in total. The molecule has 7 heteroatoms. The van der Waals surface area contributed by atoms with Gasteiger partial charge in [0.15, 0.2) is 0 Å². The standard InChI is InChI=1S/C18H20N6O/c1-12-14(11-20-22-12)18(25)24-9-4-6-16(24)15-5-3-7-17(21-15)23-10-8-19-13(23)2/h3,5,7-8,10-11,16H,4,6,9H2,1-2H3,(H,20,22)/t16-/m0/s1. The van der Waals surface area contributed by atoms with Crippen molar-refractivity contribution in [2.75, 3.05) is 6.54 Å². The second kappa shape index (κ2) is 6.16. The second-order valence-electron chi connectivity index (χ2n) is 6.33. The Labute approximate surface area is 145 Å². The fraction of sp³-hybridized carbons (Fsp3) is 0.333. The van der Waals surface area contributed by atoms with Gasteiger partial charge in [0, 0.05) is 24.6 Å². The third-order valence-electron chi connectivity index (χ3n) is 4.74. The fourth-order valence-electron chi connectivity index (χ4n) is 3.42. The van der Waals surface area contributed by atoms with Gasteiger partial charge in [-0.15, -0.1) is 0 Å². The first-order valence-corrected chi connectivity index (χ1v) is 8.43. The molecule has 1 fully saturated rings. The molecule has 1 aliphatic rings. The number of amides is 1. The SMILES string of the molecule is Cc1[nH]ncc1C(=O)N1CCC[C@H]1c1cccc(-n2ccnc2C)n1. The monoisotopic (exact) mass is 336 g/mol. The third kappa shape index (κ3) is 2.71. The van der Waals surface area contributed by atoms with Crippen LogP contribution in [0.1, 0.15) is 46.5 Å². The maximum absolute atomic E-state index is 12.9. The predicted molar refractivity (Wildman–Crippen MR) is 92.4 cm³/mol. The molecule has 1 aliphatic heterocycles. The van der Waals surface area contributed by atoms with E-state index in [1.807, 2.05) is 47.7 Å². The predicted octanol–water partition coefficient (Wildman–Crippen LogP) is 2.58. The van der Waals surface area contributed by atoms with E-state index in [-0.39, 0.29) is 11.9 Å². The lowest BCUT2D eigenvalue weighted by molar-refractivity contribution is 0.0732. The molecule has 1 amide bonds. The van der Waals surface area contributed by atoms with Crippen LogP contribution in [0.5, 0.6) is 0 Å². The van der Waals surface area contributed by atoms with Crippen molar-refractivity contribution in [1.29, 1.82) is 0 Å². The highest BCUT2D eigenvalue weighted by atomic mass is 16.2. The Bertz CT molecular complexity index is 912. The number of carbonyl (C=O) groups is 1. The summed E-state index contributed by atoms with van der Waals surface area (Å²) >= 11 is 0. The molecule has 25 heavy (non-hydrogen) atoms. The van der Waals surface area contributed by atoms with Crippen LogP contribution in [-0.4, -0.2) is 42.1 Å². The first-order chi connectivity index (χ1) is 12.1. The van der Waals surface area contributed by atoms with Crippen LogP contribution in [0.3, 0.4) is 0 Å². The van der Waals surface area contributed by atoms with Crippen LogP contribution in [0.15, 0.2) is 36.8 Å². The van der Waals surface area contributed by atoms with Gasteiger partial charge in [0.05, 0.1) is 23.5 Å². The Morgan fingerprint density at radius 3 is 2.92 bits per heavy atom. The maximum atomic E-state index is 12.9. The summed E-state index contributed by atoms with van der Waals surface area (Å²) < 4.78 is 1.95. The van der Waals surface area contributed by atoms with Gasteiger partial charge in [-0.1, -0.05) is 6.07 Å². The average Bonchev–Trinajstić information content (AvgIpc) is 3.35. The van der Waals surface area contributed by atoms with E-state index in [0.29, 0.717) is 5.56 Å². The van der Waals surface area contributed by atoms with E-state index in [1.54, 1.807) is 12.4 Å². The molecule has 4 heterocycles. The number of carbonyl (C=O) groups excluding carboxylic acids is 1. The van der Waals surface area contributed by atoms with E-state index >= 15 is 0 Å². The van der Waals surface area contributed by atoms with E-state index in [0.717, 1.165) is 42.4 Å². The molecular formula is C18H20N6O. The molecule has 0 bridgehead atoms. The summed E-state index contributed by atoms with van der Waals surface area (Å²) in [4.78, 5) is 23.9. The van der Waals surface area contributed by atoms with Crippen molar-refractivity contribution in [3.63, 3.8) is 0 Å². The van der Waals surface area contributed by atoms with Crippen LogP contribution in [-0.2, 0) is 0 Å². The fourth-order valence-corrected chi connectivity index (χ4v) is 3.42. The number of H-pyrrole nitrogens is 1. The van der Waals surface area contributed by atoms with Gasteiger partial charge >= 0.3 is 0 Å². The molecule has 1 atom stereocenters. The molecule has 1 saturated heterocycles. The van der Waals surface area contributed by atoms with Crippen LogP contribution in [0.25, 0.3) is 5.82 Å². The topological polar surface area (TPSA) is 79.7 Å². The van der Waals surface area contributed by atoms with Gasteiger partial charge in [-0.2, -0.15) is 5.10 Å². The highest BCUT2D eigenvalue weighted by molar-refractivity contribution is 5.95. The Morgan fingerprint density at radius 1 is 1.32 bits per heavy atom. The van der Waals surface area contributed by atoms with E-state index in [4.69, 9.17) is 4.98 Å². The van der Waals surface area contributed by atoms with Gasteiger partial charge in [0.2, 0.25) is 0 Å². The number of aromatic nitrogens is 5. The summed E-state index contributed by atoms with van der Waals surface area (Å²) in [5.41, 5.74) is 2.34.